The largest absolute Gasteiger partial charge is 0.375 e. The highest BCUT2D eigenvalue weighted by atomic mass is 32.2. The van der Waals surface area contributed by atoms with Gasteiger partial charge in [-0.25, -0.2) is 12.8 Å². The Labute approximate surface area is 148 Å². The van der Waals surface area contributed by atoms with Crippen LogP contribution in [-0.2, 0) is 27.9 Å². The van der Waals surface area contributed by atoms with E-state index >= 15 is 0 Å². The molecular formula is C19H22FNO3S. The van der Waals surface area contributed by atoms with Crippen LogP contribution in [0.3, 0.4) is 0 Å². The van der Waals surface area contributed by atoms with E-state index in [2.05, 4.69) is 0 Å². The van der Waals surface area contributed by atoms with Crippen LogP contribution in [0.2, 0.25) is 0 Å². The fourth-order valence-electron chi connectivity index (χ4n) is 3.12. The quantitative estimate of drug-likeness (QED) is 0.836. The number of fused-ring (bicyclic) bond motifs is 1. The number of hydrogen-bond donors (Lipinski definition) is 0. The third-order valence-electron chi connectivity index (χ3n) is 4.63. The van der Waals surface area contributed by atoms with E-state index in [1.165, 1.54) is 16.4 Å². The van der Waals surface area contributed by atoms with Crippen LogP contribution >= 0.6 is 0 Å². The van der Waals surface area contributed by atoms with Crippen molar-refractivity contribution in [3.8, 4) is 0 Å². The smallest absolute Gasteiger partial charge is 0.244 e. The van der Waals surface area contributed by atoms with Crippen LogP contribution in [0.25, 0.3) is 0 Å². The number of rotatable bonds is 3. The third-order valence-corrected chi connectivity index (χ3v) is 6.67. The number of sulfonamides is 1. The normalized spacial score (nSPS) is 19.1. The van der Waals surface area contributed by atoms with Crippen molar-refractivity contribution in [1.82, 2.24) is 4.31 Å². The first kappa shape index (κ1) is 18.0. The molecule has 3 rings (SSSR count). The van der Waals surface area contributed by atoms with Gasteiger partial charge in [-0.15, -0.1) is 0 Å². The zero-order chi connectivity index (χ0) is 18.0. The summed E-state index contributed by atoms with van der Waals surface area (Å²) in [6.07, 6.45) is 0.621. The fourth-order valence-corrected chi connectivity index (χ4v) is 5.02. The maximum Gasteiger partial charge on any atom is 0.244 e. The van der Waals surface area contributed by atoms with Gasteiger partial charge in [-0.2, -0.15) is 4.31 Å². The van der Waals surface area contributed by atoms with Crippen molar-refractivity contribution in [1.29, 1.82) is 0 Å². The van der Waals surface area contributed by atoms with Crippen LogP contribution in [0, 0.1) is 12.7 Å². The molecule has 0 bridgehead atoms. The molecule has 1 aliphatic heterocycles. The van der Waals surface area contributed by atoms with E-state index in [0.717, 1.165) is 17.2 Å². The zero-order valence-corrected chi connectivity index (χ0v) is 15.2. The lowest BCUT2D eigenvalue weighted by atomic mass is 10.1. The van der Waals surface area contributed by atoms with E-state index in [1.54, 1.807) is 6.92 Å². The minimum atomic E-state index is -3.85. The highest BCUT2D eigenvalue weighted by Crippen LogP contribution is 2.28. The molecule has 1 heterocycles. The van der Waals surface area contributed by atoms with Gasteiger partial charge in [0.15, 0.2) is 0 Å². The Balaban J connectivity index is 2.09. The lowest BCUT2D eigenvalue weighted by Gasteiger charge is -2.33. The minimum absolute atomic E-state index is 0.0176. The summed E-state index contributed by atoms with van der Waals surface area (Å²) in [6, 6.07) is 11.2. The van der Waals surface area contributed by atoms with Crippen LogP contribution in [0.1, 0.15) is 30.0 Å². The highest BCUT2D eigenvalue weighted by Gasteiger charge is 2.33. The van der Waals surface area contributed by atoms with Gasteiger partial charge in [0.1, 0.15) is 5.82 Å². The number of aryl methyl sites for hydroxylation is 1. The number of benzene rings is 2. The molecular weight excluding hydrogens is 341 g/mol. The van der Waals surface area contributed by atoms with Gasteiger partial charge in [0, 0.05) is 12.6 Å². The molecule has 6 heteroatoms. The highest BCUT2D eigenvalue weighted by molar-refractivity contribution is 7.89. The molecule has 1 atom stereocenters. The fraction of sp³-hybridized carbons (Fsp3) is 0.368. The lowest BCUT2D eigenvalue weighted by molar-refractivity contribution is 0.0660. The van der Waals surface area contributed by atoms with Gasteiger partial charge in [-0.1, -0.05) is 37.3 Å². The topological polar surface area (TPSA) is 46.6 Å². The number of nitrogens with zero attached hydrogens (tertiary/aromatic N) is 1. The Kier molecular flexibility index (Phi) is 5.22. The van der Waals surface area contributed by atoms with E-state index in [-0.39, 0.29) is 17.5 Å². The zero-order valence-electron chi connectivity index (χ0n) is 14.4. The third kappa shape index (κ3) is 3.61. The number of halogens is 1. The van der Waals surface area contributed by atoms with Gasteiger partial charge < -0.3 is 4.74 Å². The maximum absolute atomic E-state index is 13.7. The first-order valence-corrected chi connectivity index (χ1v) is 9.80. The minimum Gasteiger partial charge on any atom is -0.375 e. The summed E-state index contributed by atoms with van der Waals surface area (Å²) in [6.45, 7) is 4.67. The standard InChI is InChI=1S/C19H22FNO3S/c1-3-18-13-24-12-16-7-5-4-6-15(16)11-21(18)25(22,23)19-10-17(20)9-8-14(19)2/h4-10,18H,3,11-13H2,1-2H3. The Hall–Kier alpha value is -1.76. The molecule has 0 fully saturated rings. The molecule has 0 N–H and O–H groups in total. The van der Waals surface area contributed by atoms with Gasteiger partial charge in [-0.05, 0) is 42.2 Å². The van der Waals surface area contributed by atoms with E-state index in [4.69, 9.17) is 4.74 Å². The summed E-state index contributed by atoms with van der Waals surface area (Å²) in [5.41, 5.74) is 2.43. The van der Waals surface area contributed by atoms with Crippen LogP contribution in [0.15, 0.2) is 47.4 Å². The van der Waals surface area contributed by atoms with Crippen molar-refractivity contribution in [3.63, 3.8) is 0 Å². The SMILES string of the molecule is CCC1COCc2ccccc2CN1S(=O)(=O)c1cc(F)ccc1C. The summed E-state index contributed by atoms with van der Waals surface area (Å²) in [4.78, 5) is 0.0176. The monoisotopic (exact) mass is 363 g/mol. The van der Waals surface area contributed by atoms with Crippen molar-refractivity contribution in [2.24, 2.45) is 0 Å². The molecule has 0 saturated carbocycles. The molecule has 25 heavy (non-hydrogen) atoms. The van der Waals surface area contributed by atoms with Gasteiger partial charge in [-0.3, -0.25) is 0 Å². The molecule has 0 radical (unpaired) electrons. The molecule has 1 aliphatic rings. The summed E-state index contributed by atoms with van der Waals surface area (Å²) in [7, 11) is -3.85. The second-order valence-electron chi connectivity index (χ2n) is 6.31. The van der Waals surface area contributed by atoms with Crippen molar-refractivity contribution in [2.45, 2.75) is 44.4 Å². The summed E-state index contributed by atoms with van der Waals surface area (Å²) < 4.78 is 47.5. The van der Waals surface area contributed by atoms with E-state index in [0.29, 0.717) is 25.2 Å². The lowest BCUT2D eigenvalue weighted by Crippen LogP contribution is -2.43. The summed E-state index contributed by atoms with van der Waals surface area (Å²) >= 11 is 0. The Morgan fingerprint density at radius 1 is 1.20 bits per heavy atom. The first-order valence-electron chi connectivity index (χ1n) is 8.36. The van der Waals surface area contributed by atoms with E-state index in [1.807, 2.05) is 31.2 Å². The van der Waals surface area contributed by atoms with Crippen LogP contribution in [-0.4, -0.2) is 25.4 Å². The number of hydrogen-bond acceptors (Lipinski definition) is 3. The second-order valence-corrected chi connectivity index (χ2v) is 8.16. The Bertz CT molecular complexity index is 867. The van der Waals surface area contributed by atoms with Gasteiger partial charge in [0.05, 0.1) is 18.1 Å². The first-order chi connectivity index (χ1) is 11.9. The molecule has 2 aromatic carbocycles. The van der Waals surface area contributed by atoms with Crippen molar-refractivity contribution >= 4 is 10.0 Å². The van der Waals surface area contributed by atoms with Crippen LogP contribution < -0.4 is 0 Å². The summed E-state index contributed by atoms with van der Waals surface area (Å²) in [5.74, 6) is -0.555. The molecule has 134 valence electrons. The molecule has 0 saturated heterocycles. The molecule has 4 nitrogen and oxygen atoms in total. The molecule has 0 spiro atoms. The molecule has 0 amide bonds. The predicted octanol–water partition coefficient (Wildman–Crippen LogP) is 3.63. The predicted molar refractivity (Wildman–Crippen MR) is 94.0 cm³/mol. The Morgan fingerprint density at radius 3 is 2.64 bits per heavy atom. The molecule has 0 aromatic heterocycles. The van der Waals surface area contributed by atoms with E-state index in [9.17, 15) is 12.8 Å². The maximum atomic E-state index is 13.7. The molecule has 2 aromatic rings. The average Bonchev–Trinajstić information content (AvgIpc) is 2.57. The van der Waals surface area contributed by atoms with Crippen LogP contribution in [0.4, 0.5) is 4.39 Å². The van der Waals surface area contributed by atoms with E-state index < -0.39 is 15.8 Å². The average molecular weight is 363 g/mol. The number of ether oxygens (including phenoxy) is 1. The second kappa shape index (κ2) is 7.23. The molecule has 0 aliphatic carbocycles. The van der Waals surface area contributed by atoms with Crippen LogP contribution in [0.5, 0.6) is 0 Å². The van der Waals surface area contributed by atoms with Crippen molar-refractivity contribution < 1.29 is 17.5 Å². The van der Waals surface area contributed by atoms with Gasteiger partial charge in [0.25, 0.3) is 0 Å². The molecule has 1 unspecified atom stereocenters. The van der Waals surface area contributed by atoms with Gasteiger partial charge in [0.2, 0.25) is 10.0 Å². The van der Waals surface area contributed by atoms with Crippen molar-refractivity contribution in [3.05, 3.63) is 65.0 Å². The van der Waals surface area contributed by atoms with Crippen molar-refractivity contribution in [2.75, 3.05) is 6.61 Å². The summed E-state index contributed by atoms with van der Waals surface area (Å²) in [5, 5.41) is 0. The van der Waals surface area contributed by atoms with Gasteiger partial charge >= 0.3 is 0 Å². The Morgan fingerprint density at radius 2 is 1.92 bits per heavy atom.